The average molecular weight is 261 g/mol. The second-order valence-electron chi connectivity index (χ2n) is 6.04. The molecular formula is C12H23NO5. The lowest BCUT2D eigenvalue weighted by Gasteiger charge is -2.26. The van der Waals surface area contributed by atoms with E-state index in [0.29, 0.717) is 0 Å². The van der Waals surface area contributed by atoms with Crippen LogP contribution in [0.1, 0.15) is 41.5 Å². The highest BCUT2D eigenvalue weighted by atomic mass is 16.6. The predicted molar refractivity (Wildman–Crippen MR) is 65.7 cm³/mol. The van der Waals surface area contributed by atoms with Crippen molar-refractivity contribution in [2.24, 2.45) is 5.73 Å². The molecule has 2 unspecified atom stereocenters. The number of aliphatic hydroxyl groups is 1. The molecule has 2 atom stereocenters. The van der Waals surface area contributed by atoms with Crippen molar-refractivity contribution in [3.63, 3.8) is 0 Å². The van der Waals surface area contributed by atoms with Crippen LogP contribution in [0.25, 0.3) is 0 Å². The fraction of sp³-hybridized carbons (Fsp3) is 0.833. The second kappa shape index (κ2) is 5.67. The van der Waals surface area contributed by atoms with Crippen LogP contribution in [0.15, 0.2) is 0 Å². The van der Waals surface area contributed by atoms with Crippen molar-refractivity contribution < 1.29 is 24.2 Å². The molecule has 0 aromatic carbocycles. The van der Waals surface area contributed by atoms with E-state index in [2.05, 4.69) is 0 Å². The number of ether oxygens (including phenoxy) is 2. The number of hydrogen-bond acceptors (Lipinski definition) is 6. The first-order valence-corrected chi connectivity index (χ1v) is 5.73. The maximum Gasteiger partial charge on any atom is 0.337 e. The highest BCUT2D eigenvalue weighted by Crippen LogP contribution is 2.12. The minimum absolute atomic E-state index is 0.734. The summed E-state index contributed by atoms with van der Waals surface area (Å²) < 4.78 is 9.89. The first-order valence-electron chi connectivity index (χ1n) is 5.73. The zero-order chi connectivity index (χ0) is 14.7. The molecule has 0 saturated heterocycles. The van der Waals surface area contributed by atoms with Crippen LogP contribution >= 0.6 is 0 Å². The van der Waals surface area contributed by atoms with E-state index in [0.717, 1.165) is 0 Å². The fourth-order valence-electron chi connectivity index (χ4n) is 1.01. The fourth-order valence-corrected chi connectivity index (χ4v) is 1.01. The quantitative estimate of drug-likeness (QED) is 0.712. The predicted octanol–water partition coefficient (Wildman–Crippen LogP) is 0.358. The molecule has 6 nitrogen and oxygen atoms in total. The molecule has 0 spiro atoms. The van der Waals surface area contributed by atoms with E-state index < -0.39 is 35.3 Å². The highest BCUT2D eigenvalue weighted by molar-refractivity contribution is 5.86. The van der Waals surface area contributed by atoms with Gasteiger partial charge in [-0.05, 0) is 41.5 Å². The number of esters is 2. The van der Waals surface area contributed by atoms with Crippen molar-refractivity contribution in [1.29, 1.82) is 0 Å². The normalized spacial score (nSPS) is 15.8. The summed E-state index contributed by atoms with van der Waals surface area (Å²) in [5.74, 6) is -1.79. The molecule has 0 aromatic heterocycles. The maximum atomic E-state index is 11.6. The van der Waals surface area contributed by atoms with Crippen LogP contribution in [0.2, 0.25) is 0 Å². The van der Waals surface area contributed by atoms with Crippen LogP contribution in [0, 0.1) is 0 Å². The zero-order valence-corrected chi connectivity index (χ0v) is 11.8. The molecule has 0 aromatic rings. The van der Waals surface area contributed by atoms with E-state index in [1.165, 1.54) is 0 Å². The van der Waals surface area contributed by atoms with Crippen LogP contribution in [0.5, 0.6) is 0 Å². The van der Waals surface area contributed by atoms with Crippen LogP contribution < -0.4 is 5.73 Å². The largest absolute Gasteiger partial charge is 0.459 e. The van der Waals surface area contributed by atoms with Gasteiger partial charge in [0.1, 0.15) is 17.2 Å². The van der Waals surface area contributed by atoms with Crippen molar-refractivity contribution in [3.8, 4) is 0 Å². The van der Waals surface area contributed by atoms with Gasteiger partial charge in [-0.2, -0.15) is 0 Å². The molecule has 0 heterocycles. The van der Waals surface area contributed by atoms with Gasteiger partial charge in [0.15, 0.2) is 6.10 Å². The summed E-state index contributed by atoms with van der Waals surface area (Å²) in [7, 11) is 0. The van der Waals surface area contributed by atoms with Gasteiger partial charge >= 0.3 is 11.9 Å². The molecule has 3 N–H and O–H groups in total. The van der Waals surface area contributed by atoms with Crippen molar-refractivity contribution >= 4 is 11.9 Å². The summed E-state index contributed by atoms with van der Waals surface area (Å²) in [6, 6.07) is -1.46. The highest BCUT2D eigenvalue weighted by Gasteiger charge is 2.35. The van der Waals surface area contributed by atoms with E-state index in [-0.39, 0.29) is 0 Å². The van der Waals surface area contributed by atoms with Gasteiger partial charge in [0.2, 0.25) is 0 Å². The Morgan fingerprint density at radius 1 is 0.944 bits per heavy atom. The van der Waals surface area contributed by atoms with Crippen molar-refractivity contribution in [1.82, 2.24) is 0 Å². The molecular weight excluding hydrogens is 238 g/mol. The Labute approximate surface area is 107 Å². The molecule has 0 radical (unpaired) electrons. The average Bonchev–Trinajstić information content (AvgIpc) is 2.09. The van der Waals surface area contributed by atoms with Gasteiger partial charge in [0, 0.05) is 0 Å². The lowest BCUT2D eigenvalue weighted by atomic mass is 10.1. The Morgan fingerprint density at radius 2 is 1.28 bits per heavy atom. The number of aliphatic hydroxyl groups excluding tert-OH is 1. The molecule has 0 fully saturated rings. The Kier molecular flexibility index (Phi) is 5.31. The van der Waals surface area contributed by atoms with E-state index in [1.54, 1.807) is 41.5 Å². The molecule has 0 saturated carbocycles. The Morgan fingerprint density at radius 3 is 1.61 bits per heavy atom. The summed E-state index contributed by atoms with van der Waals surface area (Å²) in [4.78, 5) is 23.1. The smallest absolute Gasteiger partial charge is 0.337 e. The SMILES string of the molecule is CC(C)(C)OC(=O)C(N)C(O)C(=O)OC(C)(C)C. The number of carbonyl (C=O) groups excluding carboxylic acids is 2. The van der Waals surface area contributed by atoms with Gasteiger partial charge in [-0.3, -0.25) is 4.79 Å². The van der Waals surface area contributed by atoms with E-state index in [9.17, 15) is 14.7 Å². The standard InChI is InChI=1S/C12H23NO5/c1-11(2,3)17-9(15)7(13)8(14)10(16)18-12(4,5)6/h7-8,14H,13H2,1-6H3. The molecule has 18 heavy (non-hydrogen) atoms. The monoisotopic (exact) mass is 261 g/mol. The number of carbonyl (C=O) groups is 2. The third-order valence-corrected chi connectivity index (χ3v) is 1.67. The van der Waals surface area contributed by atoms with Crippen LogP contribution in [0.4, 0.5) is 0 Å². The van der Waals surface area contributed by atoms with Crippen LogP contribution in [0.3, 0.4) is 0 Å². The van der Waals surface area contributed by atoms with Gasteiger partial charge in [-0.25, -0.2) is 4.79 Å². The number of rotatable bonds is 3. The summed E-state index contributed by atoms with van der Waals surface area (Å²) in [5, 5.41) is 9.62. The van der Waals surface area contributed by atoms with Gasteiger partial charge in [-0.15, -0.1) is 0 Å². The molecule has 0 amide bonds. The maximum absolute atomic E-state index is 11.6. The van der Waals surface area contributed by atoms with Crippen molar-refractivity contribution in [3.05, 3.63) is 0 Å². The molecule has 0 aliphatic rings. The Bertz CT molecular complexity index is 281. The molecule has 6 heteroatoms. The first-order chi connectivity index (χ1) is 7.83. The molecule has 0 rings (SSSR count). The van der Waals surface area contributed by atoms with E-state index >= 15 is 0 Å². The van der Waals surface area contributed by atoms with E-state index in [1.807, 2.05) is 0 Å². The van der Waals surface area contributed by atoms with Crippen LogP contribution in [-0.4, -0.2) is 40.4 Å². The van der Waals surface area contributed by atoms with Gasteiger partial charge in [0.25, 0.3) is 0 Å². The summed E-state index contributed by atoms with van der Waals surface area (Å²) >= 11 is 0. The van der Waals surface area contributed by atoms with E-state index in [4.69, 9.17) is 15.2 Å². The lowest BCUT2D eigenvalue weighted by Crippen LogP contribution is -2.50. The molecule has 0 aliphatic heterocycles. The third-order valence-electron chi connectivity index (χ3n) is 1.67. The van der Waals surface area contributed by atoms with Gasteiger partial charge in [-0.1, -0.05) is 0 Å². The van der Waals surface area contributed by atoms with Crippen molar-refractivity contribution in [2.45, 2.75) is 64.9 Å². The number of nitrogens with two attached hydrogens (primary N) is 1. The third kappa shape index (κ3) is 6.56. The summed E-state index contributed by atoms with van der Waals surface area (Å²) in [6.45, 7) is 9.94. The first kappa shape index (κ1) is 16.9. The summed E-state index contributed by atoms with van der Waals surface area (Å²) in [6.07, 6.45) is -1.74. The molecule has 106 valence electrons. The Balaban J connectivity index is 4.55. The molecule has 0 bridgehead atoms. The van der Waals surface area contributed by atoms with Gasteiger partial charge < -0.3 is 20.3 Å². The number of hydrogen-bond donors (Lipinski definition) is 2. The van der Waals surface area contributed by atoms with Crippen LogP contribution in [-0.2, 0) is 19.1 Å². The zero-order valence-electron chi connectivity index (χ0n) is 11.8. The summed E-state index contributed by atoms with van der Waals surface area (Å²) in [5.41, 5.74) is 3.97. The minimum Gasteiger partial charge on any atom is -0.459 e. The minimum atomic E-state index is -1.74. The van der Waals surface area contributed by atoms with Crippen molar-refractivity contribution in [2.75, 3.05) is 0 Å². The lowest BCUT2D eigenvalue weighted by molar-refractivity contribution is -0.174. The van der Waals surface area contributed by atoms with Gasteiger partial charge in [0.05, 0.1) is 0 Å². The Hall–Kier alpha value is -1.14. The second-order valence-corrected chi connectivity index (χ2v) is 6.04. The topological polar surface area (TPSA) is 98.9 Å². The molecule has 0 aliphatic carbocycles.